The molecule has 1 saturated heterocycles. The van der Waals surface area contributed by atoms with Gasteiger partial charge >= 0.3 is 0 Å². The highest BCUT2D eigenvalue weighted by Gasteiger charge is 2.52. The minimum Gasteiger partial charge on any atom is -0.379 e. The van der Waals surface area contributed by atoms with E-state index in [0.29, 0.717) is 19.5 Å². The van der Waals surface area contributed by atoms with E-state index in [1.54, 1.807) is 11.0 Å². The quantitative estimate of drug-likeness (QED) is 0.675. The second-order valence-electron chi connectivity index (χ2n) is 4.90. The molecule has 1 aliphatic heterocycles. The van der Waals surface area contributed by atoms with Gasteiger partial charge in [0.1, 0.15) is 5.60 Å². The summed E-state index contributed by atoms with van der Waals surface area (Å²) in [4.78, 5) is 13.5. The normalized spacial score (nSPS) is 28.3. The van der Waals surface area contributed by atoms with Crippen molar-refractivity contribution in [2.75, 3.05) is 13.1 Å². The monoisotopic (exact) mass is 197 g/mol. The van der Waals surface area contributed by atoms with Crippen molar-refractivity contribution in [2.24, 2.45) is 5.41 Å². The van der Waals surface area contributed by atoms with Crippen LogP contribution in [0.3, 0.4) is 0 Å². The fourth-order valence-corrected chi connectivity index (χ4v) is 1.79. The number of carbonyl (C=O) groups excluding carboxylic acids is 1. The number of amides is 1. The third-order valence-corrected chi connectivity index (χ3v) is 2.97. The Labute approximate surface area is 85.4 Å². The first kappa shape index (κ1) is 11.2. The van der Waals surface area contributed by atoms with Gasteiger partial charge < -0.3 is 10.0 Å². The lowest BCUT2D eigenvalue weighted by molar-refractivity contribution is -0.153. The first-order valence-corrected chi connectivity index (χ1v) is 4.95. The third-order valence-electron chi connectivity index (χ3n) is 2.97. The molecule has 3 nitrogen and oxygen atoms in total. The van der Waals surface area contributed by atoms with E-state index in [-0.39, 0.29) is 5.91 Å². The van der Waals surface area contributed by atoms with Crippen LogP contribution >= 0.6 is 0 Å². The SMILES string of the molecule is C=CCN1CCC(O)(C(C)(C)C)C1=O. The Morgan fingerprint density at radius 2 is 2.21 bits per heavy atom. The first-order chi connectivity index (χ1) is 6.33. The van der Waals surface area contributed by atoms with Gasteiger partial charge in [-0.25, -0.2) is 0 Å². The molecule has 1 unspecified atom stereocenters. The summed E-state index contributed by atoms with van der Waals surface area (Å²) in [5.41, 5.74) is -1.60. The molecule has 3 heteroatoms. The van der Waals surface area contributed by atoms with Gasteiger partial charge in [-0.15, -0.1) is 6.58 Å². The smallest absolute Gasteiger partial charge is 0.255 e. The molecule has 0 saturated carbocycles. The molecule has 1 rings (SSSR count). The fourth-order valence-electron chi connectivity index (χ4n) is 1.79. The second kappa shape index (κ2) is 3.39. The maximum atomic E-state index is 11.9. The molecular formula is C11H19NO2. The van der Waals surface area contributed by atoms with Gasteiger partial charge in [0.15, 0.2) is 0 Å². The second-order valence-corrected chi connectivity index (χ2v) is 4.90. The molecule has 0 aromatic heterocycles. The Morgan fingerprint density at radius 3 is 2.57 bits per heavy atom. The summed E-state index contributed by atoms with van der Waals surface area (Å²) < 4.78 is 0. The van der Waals surface area contributed by atoms with Crippen LogP contribution in [0.4, 0.5) is 0 Å². The van der Waals surface area contributed by atoms with Crippen molar-refractivity contribution in [3.8, 4) is 0 Å². The number of rotatable bonds is 2. The molecule has 14 heavy (non-hydrogen) atoms. The summed E-state index contributed by atoms with van der Waals surface area (Å²) in [7, 11) is 0. The van der Waals surface area contributed by atoms with Crippen LogP contribution in [0.5, 0.6) is 0 Å². The van der Waals surface area contributed by atoms with Crippen molar-refractivity contribution in [3.63, 3.8) is 0 Å². The summed E-state index contributed by atoms with van der Waals surface area (Å²) in [6, 6.07) is 0. The highest BCUT2D eigenvalue weighted by molar-refractivity contribution is 5.88. The topological polar surface area (TPSA) is 40.5 Å². The molecule has 0 aromatic carbocycles. The maximum absolute atomic E-state index is 11.9. The van der Waals surface area contributed by atoms with Gasteiger partial charge in [0.05, 0.1) is 0 Å². The van der Waals surface area contributed by atoms with Crippen molar-refractivity contribution in [1.82, 2.24) is 4.90 Å². The number of nitrogens with zero attached hydrogens (tertiary/aromatic N) is 1. The van der Waals surface area contributed by atoms with E-state index in [4.69, 9.17) is 0 Å². The number of hydrogen-bond donors (Lipinski definition) is 1. The molecule has 0 bridgehead atoms. The molecule has 0 radical (unpaired) electrons. The van der Waals surface area contributed by atoms with Crippen molar-refractivity contribution in [2.45, 2.75) is 32.8 Å². The van der Waals surface area contributed by atoms with E-state index in [9.17, 15) is 9.90 Å². The molecule has 1 aliphatic rings. The van der Waals surface area contributed by atoms with Gasteiger partial charge in [0.2, 0.25) is 0 Å². The van der Waals surface area contributed by atoms with Gasteiger partial charge in [-0.05, 0) is 5.41 Å². The molecular weight excluding hydrogens is 178 g/mol. The Balaban J connectivity index is 2.86. The standard InChI is InChI=1S/C11H19NO2/c1-5-7-12-8-6-11(14,9(12)13)10(2,3)4/h5,14H,1,6-8H2,2-4H3. The predicted octanol–water partition coefficient (Wildman–Crippen LogP) is 1.18. The number of likely N-dealkylation sites (tertiary alicyclic amines) is 1. The molecule has 1 N–H and O–H groups in total. The zero-order chi connectivity index (χ0) is 11.0. The maximum Gasteiger partial charge on any atom is 0.255 e. The lowest BCUT2D eigenvalue weighted by Crippen LogP contribution is -2.49. The molecule has 1 heterocycles. The van der Waals surface area contributed by atoms with Crippen LogP contribution in [0, 0.1) is 5.41 Å². The average Bonchev–Trinajstić information content (AvgIpc) is 2.33. The summed E-state index contributed by atoms with van der Waals surface area (Å²) in [6.45, 7) is 10.4. The molecule has 0 spiro atoms. The zero-order valence-corrected chi connectivity index (χ0v) is 9.21. The number of hydrogen-bond acceptors (Lipinski definition) is 2. The van der Waals surface area contributed by atoms with Crippen molar-refractivity contribution in [3.05, 3.63) is 12.7 Å². The van der Waals surface area contributed by atoms with Crippen LogP contribution in [-0.2, 0) is 4.79 Å². The van der Waals surface area contributed by atoms with Crippen molar-refractivity contribution >= 4 is 5.91 Å². The van der Waals surface area contributed by atoms with Crippen LogP contribution in [0.2, 0.25) is 0 Å². The van der Waals surface area contributed by atoms with E-state index in [1.807, 2.05) is 20.8 Å². The largest absolute Gasteiger partial charge is 0.379 e. The zero-order valence-electron chi connectivity index (χ0n) is 9.21. The van der Waals surface area contributed by atoms with E-state index >= 15 is 0 Å². The Bertz CT molecular complexity index is 255. The van der Waals surface area contributed by atoms with Gasteiger partial charge in [-0.1, -0.05) is 26.8 Å². The van der Waals surface area contributed by atoms with Gasteiger partial charge in [-0.2, -0.15) is 0 Å². The van der Waals surface area contributed by atoms with Crippen LogP contribution < -0.4 is 0 Å². The van der Waals surface area contributed by atoms with Gasteiger partial charge in [-0.3, -0.25) is 4.79 Å². The third kappa shape index (κ3) is 1.57. The van der Waals surface area contributed by atoms with Crippen molar-refractivity contribution < 1.29 is 9.90 Å². The highest BCUT2D eigenvalue weighted by Crippen LogP contribution is 2.38. The lowest BCUT2D eigenvalue weighted by Gasteiger charge is -2.34. The summed E-state index contributed by atoms with van der Waals surface area (Å²) in [5, 5.41) is 10.3. The van der Waals surface area contributed by atoms with Crippen LogP contribution in [0.25, 0.3) is 0 Å². The molecule has 80 valence electrons. The average molecular weight is 197 g/mol. The summed E-state index contributed by atoms with van der Waals surface area (Å²) >= 11 is 0. The molecule has 0 aliphatic carbocycles. The van der Waals surface area contributed by atoms with Gasteiger partial charge in [0.25, 0.3) is 5.91 Å². The minimum atomic E-state index is -1.20. The highest BCUT2D eigenvalue weighted by atomic mass is 16.3. The fraction of sp³-hybridized carbons (Fsp3) is 0.727. The Kier molecular flexibility index (Phi) is 2.72. The number of aliphatic hydroxyl groups is 1. The van der Waals surface area contributed by atoms with E-state index in [2.05, 4.69) is 6.58 Å². The van der Waals surface area contributed by atoms with Crippen LogP contribution in [0.15, 0.2) is 12.7 Å². The molecule has 0 aromatic rings. The Hall–Kier alpha value is -0.830. The van der Waals surface area contributed by atoms with E-state index in [0.717, 1.165) is 0 Å². The minimum absolute atomic E-state index is 0.162. The molecule has 1 fully saturated rings. The summed E-state index contributed by atoms with van der Waals surface area (Å²) in [6.07, 6.45) is 2.20. The van der Waals surface area contributed by atoms with Crippen LogP contribution in [0.1, 0.15) is 27.2 Å². The van der Waals surface area contributed by atoms with E-state index in [1.165, 1.54) is 0 Å². The Morgan fingerprint density at radius 1 is 1.64 bits per heavy atom. The van der Waals surface area contributed by atoms with E-state index < -0.39 is 11.0 Å². The van der Waals surface area contributed by atoms with Crippen LogP contribution in [-0.4, -0.2) is 34.6 Å². The lowest BCUT2D eigenvalue weighted by atomic mass is 9.75. The number of carbonyl (C=O) groups is 1. The first-order valence-electron chi connectivity index (χ1n) is 4.95. The predicted molar refractivity (Wildman–Crippen MR) is 55.8 cm³/mol. The molecule has 1 atom stereocenters. The molecule has 1 amide bonds. The van der Waals surface area contributed by atoms with Crippen molar-refractivity contribution in [1.29, 1.82) is 0 Å². The van der Waals surface area contributed by atoms with Gasteiger partial charge in [0, 0.05) is 19.5 Å². The summed E-state index contributed by atoms with van der Waals surface area (Å²) in [5.74, 6) is -0.162.